The van der Waals surface area contributed by atoms with Crippen LogP contribution >= 0.6 is 0 Å². The molecule has 26 heavy (non-hydrogen) atoms. The molecule has 0 bridgehead atoms. The molecule has 6 heteroatoms. The minimum atomic E-state index is -1.00. The van der Waals surface area contributed by atoms with E-state index in [4.69, 9.17) is 4.74 Å². The lowest BCUT2D eigenvalue weighted by Crippen LogP contribution is -2.19. The van der Waals surface area contributed by atoms with Crippen molar-refractivity contribution < 1.29 is 14.6 Å². The lowest BCUT2D eigenvalue weighted by Gasteiger charge is -2.13. The zero-order chi connectivity index (χ0) is 18.5. The van der Waals surface area contributed by atoms with Crippen molar-refractivity contribution in [1.29, 1.82) is 0 Å². The van der Waals surface area contributed by atoms with E-state index in [1.54, 1.807) is 12.1 Å². The smallest absolute Gasteiger partial charge is 0.339 e. The second-order valence-corrected chi connectivity index (χ2v) is 5.99. The van der Waals surface area contributed by atoms with Gasteiger partial charge in [0.05, 0.1) is 25.0 Å². The van der Waals surface area contributed by atoms with Crippen molar-refractivity contribution in [2.75, 3.05) is 7.11 Å². The second-order valence-electron chi connectivity index (χ2n) is 5.99. The van der Waals surface area contributed by atoms with Crippen molar-refractivity contribution in [3.63, 3.8) is 0 Å². The van der Waals surface area contributed by atoms with Gasteiger partial charge in [-0.15, -0.1) is 0 Å². The van der Waals surface area contributed by atoms with Gasteiger partial charge in [0, 0.05) is 6.54 Å². The first-order valence-electron chi connectivity index (χ1n) is 8.32. The Labute approximate surface area is 151 Å². The van der Waals surface area contributed by atoms with Crippen LogP contribution in [0, 0.1) is 0 Å². The second kappa shape index (κ2) is 7.84. The fourth-order valence-electron chi connectivity index (χ4n) is 2.72. The molecule has 0 spiro atoms. The summed E-state index contributed by atoms with van der Waals surface area (Å²) in [6.07, 6.45) is 1.82. The number of H-pyrrole nitrogens is 1. The third kappa shape index (κ3) is 3.92. The van der Waals surface area contributed by atoms with E-state index in [-0.39, 0.29) is 11.6 Å². The number of carboxylic acids is 1. The van der Waals surface area contributed by atoms with Gasteiger partial charge < -0.3 is 20.1 Å². The van der Waals surface area contributed by atoms with Crippen LogP contribution in [0.25, 0.3) is 11.3 Å². The van der Waals surface area contributed by atoms with Gasteiger partial charge in [0.15, 0.2) is 0 Å². The van der Waals surface area contributed by atoms with Crippen LogP contribution in [0.15, 0.2) is 54.7 Å². The Kier molecular flexibility index (Phi) is 5.34. The predicted molar refractivity (Wildman–Crippen MR) is 99.2 cm³/mol. The zero-order valence-corrected chi connectivity index (χ0v) is 14.7. The van der Waals surface area contributed by atoms with E-state index in [0.717, 1.165) is 22.6 Å². The standard InChI is InChI=1S/C20H21N3O3/c1-13(19-22-12-17(23-19)15-6-4-3-5-7-15)21-11-14-8-9-18(26-2)16(10-14)20(24)25/h3-10,12-13,21H,11H2,1-2H3,(H,22,23)(H,24,25)/t13-/m0/s1. The average molecular weight is 351 g/mol. The quantitative estimate of drug-likeness (QED) is 0.605. The number of carboxylic acid groups (broad SMARTS) is 1. The Balaban J connectivity index is 1.68. The summed E-state index contributed by atoms with van der Waals surface area (Å²) in [7, 11) is 1.46. The van der Waals surface area contributed by atoms with Gasteiger partial charge in [0.2, 0.25) is 0 Å². The number of aromatic amines is 1. The monoisotopic (exact) mass is 351 g/mol. The molecular formula is C20H21N3O3. The number of hydrogen-bond acceptors (Lipinski definition) is 4. The van der Waals surface area contributed by atoms with Crippen molar-refractivity contribution in [3.05, 3.63) is 71.7 Å². The Morgan fingerprint density at radius 1 is 1.27 bits per heavy atom. The SMILES string of the molecule is COc1ccc(CN[C@@H](C)c2ncc(-c3ccccc3)[nH]2)cc1C(=O)O. The molecule has 0 aliphatic heterocycles. The molecule has 134 valence electrons. The molecule has 0 unspecified atom stereocenters. The Bertz CT molecular complexity index is 890. The van der Waals surface area contributed by atoms with Crippen molar-refractivity contribution in [3.8, 4) is 17.0 Å². The summed E-state index contributed by atoms with van der Waals surface area (Å²) in [6, 6.07) is 15.1. The van der Waals surface area contributed by atoms with Gasteiger partial charge >= 0.3 is 5.97 Å². The van der Waals surface area contributed by atoms with Crippen LogP contribution < -0.4 is 10.1 Å². The minimum absolute atomic E-state index is 0.0113. The number of nitrogens with zero attached hydrogens (tertiary/aromatic N) is 1. The summed E-state index contributed by atoms with van der Waals surface area (Å²) in [4.78, 5) is 19.1. The molecule has 1 heterocycles. The van der Waals surface area contributed by atoms with Crippen LogP contribution in [0.4, 0.5) is 0 Å². The van der Waals surface area contributed by atoms with Crippen molar-refractivity contribution in [2.24, 2.45) is 0 Å². The van der Waals surface area contributed by atoms with E-state index >= 15 is 0 Å². The average Bonchev–Trinajstić information content (AvgIpc) is 3.17. The van der Waals surface area contributed by atoms with Gasteiger partial charge in [-0.1, -0.05) is 36.4 Å². The molecule has 6 nitrogen and oxygen atoms in total. The highest BCUT2D eigenvalue weighted by molar-refractivity contribution is 5.91. The summed E-state index contributed by atoms with van der Waals surface area (Å²) in [5.74, 6) is 0.180. The summed E-state index contributed by atoms with van der Waals surface area (Å²) >= 11 is 0. The number of nitrogens with one attached hydrogen (secondary N) is 2. The van der Waals surface area contributed by atoms with Crippen molar-refractivity contribution in [2.45, 2.75) is 19.5 Å². The minimum Gasteiger partial charge on any atom is -0.496 e. The van der Waals surface area contributed by atoms with Crippen LogP contribution in [0.5, 0.6) is 5.75 Å². The summed E-state index contributed by atoms with van der Waals surface area (Å²) in [5, 5.41) is 12.6. The molecule has 2 aromatic carbocycles. The molecular weight excluding hydrogens is 330 g/mol. The maximum absolute atomic E-state index is 11.3. The van der Waals surface area contributed by atoms with E-state index in [9.17, 15) is 9.90 Å². The number of methoxy groups -OCH3 is 1. The normalized spacial score (nSPS) is 11.9. The first-order chi connectivity index (χ1) is 12.6. The van der Waals surface area contributed by atoms with E-state index in [2.05, 4.69) is 15.3 Å². The number of ether oxygens (including phenoxy) is 1. The highest BCUT2D eigenvalue weighted by atomic mass is 16.5. The maximum Gasteiger partial charge on any atom is 0.339 e. The molecule has 0 fully saturated rings. The fraction of sp³-hybridized carbons (Fsp3) is 0.200. The van der Waals surface area contributed by atoms with Gasteiger partial charge in [-0.25, -0.2) is 9.78 Å². The lowest BCUT2D eigenvalue weighted by molar-refractivity contribution is 0.0693. The number of imidazole rings is 1. The van der Waals surface area contributed by atoms with E-state index in [1.807, 2.05) is 49.5 Å². The van der Waals surface area contributed by atoms with Crippen molar-refractivity contribution in [1.82, 2.24) is 15.3 Å². The molecule has 0 saturated carbocycles. The third-order valence-corrected chi connectivity index (χ3v) is 4.20. The molecule has 3 rings (SSSR count). The lowest BCUT2D eigenvalue weighted by atomic mass is 10.1. The molecule has 0 radical (unpaired) electrons. The summed E-state index contributed by atoms with van der Waals surface area (Å²) in [6.45, 7) is 2.53. The number of benzene rings is 2. The summed E-state index contributed by atoms with van der Waals surface area (Å²) in [5.41, 5.74) is 3.07. The number of hydrogen-bond donors (Lipinski definition) is 3. The van der Waals surface area contributed by atoms with Crippen LogP contribution in [0.1, 0.15) is 34.7 Å². The molecule has 0 saturated heterocycles. The fourth-order valence-corrected chi connectivity index (χ4v) is 2.72. The number of aromatic nitrogens is 2. The topological polar surface area (TPSA) is 87.2 Å². The highest BCUT2D eigenvalue weighted by Crippen LogP contribution is 2.21. The van der Waals surface area contributed by atoms with E-state index < -0.39 is 5.97 Å². The molecule has 1 atom stereocenters. The number of rotatable bonds is 7. The highest BCUT2D eigenvalue weighted by Gasteiger charge is 2.13. The molecule has 3 aromatic rings. The molecule has 0 aliphatic carbocycles. The van der Waals surface area contributed by atoms with Gasteiger partial charge in [0.25, 0.3) is 0 Å². The van der Waals surface area contributed by atoms with E-state index in [1.165, 1.54) is 7.11 Å². The first kappa shape index (κ1) is 17.7. The van der Waals surface area contributed by atoms with E-state index in [0.29, 0.717) is 12.3 Å². The van der Waals surface area contributed by atoms with Crippen molar-refractivity contribution >= 4 is 5.97 Å². The molecule has 3 N–H and O–H groups in total. The van der Waals surface area contributed by atoms with Crippen LogP contribution in [-0.4, -0.2) is 28.2 Å². The third-order valence-electron chi connectivity index (χ3n) is 4.20. The van der Waals surface area contributed by atoms with Gasteiger partial charge in [-0.05, 0) is 30.2 Å². The Morgan fingerprint density at radius 2 is 2.04 bits per heavy atom. The van der Waals surface area contributed by atoms with Gasteiger partial charge in [-0.3, -0.25) is 0 Å². The first-order valence-corrected chi connectivity index (χ1v) is 8.32. The largest absolute Gasteiger partial charge is 0.496 e. The maximum atomic E-state index is 11.3. The number of carbonyl (C=O) groups is 1. The molecule has 0 aliphatic rings. The Hall–Kier alpha value is -3.12. The molecule has 1 aromatic heterocycles. The van der Waals surface area contributed by atoms with Gasteiger partial charge in [-0.2, -0.15) is 0 Å². The Morgan fingerprint density at radius 3 is 2.73 bits per heavy atom. The molecule has 0 amide bonds. The van der Waals surface area contributed by atoms with Gasteiger partial charge in [0.1, 0.15) is 17.1 Å². The van der Waals surface area contributed by atoms with Crippen LogP contribution in [0.2, 0.25) is 0 Å². The summed E-state index contributed by atoms with van der Waals surface area (Å²) < 4.78 is 5.09. The number of aromatic carboxylic acids is 1. The zero-order valence-electron chi connectivity index (χ0n) is 14.7. The van der Waals surface area contributed by atoms with Crippen LogP contribution in [-0.2, 0) is 6.54 Å². The predicted octanol–water partition coefficient (Wildman–Crippen LogP) is 3.63. The van der Waals surface area contributed by atoms with Crippen LogP contribution in [0.3, 0.4) is 0 Å².